The van der Waals surface area contributed by atoms with Crippen molar-refractivity contribution in [1.29, 1.82) is 0 Å². The molecule has 3 aliphatic heterocycles. The summed E-state index contributed by atoms with van der Waals surface area (Å²) in [5.41, 5.74) is 0.473. The third-order valence-electron chi connectivity index (χ3n) is 7.89. The molecule has 260 valence electrons. The summed E-state index contributed by atoms with van der Waals surface area (Å²) in [5, 5.41) is 101. The first-order valence-corrected chi connectivity index (χ1v) is 14.3. The third-order valence-corrected chi connectivity index (χ3v) is 7.89. The lowest BCUT2D eigenvalue weighted by Crippen LogP contribution is -2.62. The molecule has 0 radical (unpaired) electrons. The van der Waals surface area contributed by atoms with Crippen molar-refractivity contribution in [2.45, 2.75) is 85.8 Å². The summed E-state index contributed by atoms with van der Waals surface area (Å²) in [6, 6.07) is 4.32. The summed E-state index contributed by atoms with van der Waals surface area (Å²) in [5.74, 6) is -3.13. The molecule has 46 heavy (non-hydrogen) atoms. The van der Waals surface area contributed by atoms with Crippen LogP contribution in [0.1, 0.15) is 12.0 Å². The summed E-state index contributed by atoms with van der Waals surface area (Å²) in [7, 11) is 1.35. The summed E-state index contributed by atoms with van der Waals surface area (Å²) in [4.78, 5) is 12.6. The molecule has 0 saturated carbocycles. The van der Waals surface area contributed by atoms with E-state index in [-0.39, 0.29) is 11.5 Å². The second-order valence-corrected chi connectivity index (χ2v) is 11.0. The Morgan fingerprint density at radius 2 is 1.67 bits per heavy atom. The fourth-order valence-corrected chi connectivity index (χ4v) is 5.30. The molecule has 0 bridgehead atoms. The van der Waals surface area contributed by atoms with E-state index in [9.17, 15) is 55.9 Å². The molecule has 3 aliphatic rings. The summed E-state index contributed by atoms with van der Waals surface area (Å²) in [6.45, 7) is -3.11. The normalized spacial score (nSPS) is 39.9. The van der Waals surface area contributed by atoms with Gasteiger partial charge in [0, 0.05) is 12.5 Å². The van der Waals surface area contributed by atoms with Crippen LogP contribution in [0.2, 0.25) is 0 Å². The third kappa shape index (κ3) is 7.77. The molecule has 0 amide bonds. The number of aromatic hydroxyl groups is 1. The number of methoxy groups -OCH3 is 1. The maximum atomic E-state index is 12.6. The van der Waals surface area contributed by atoms with E-state index in [1.807, 2.05) is 0 Å². The fraction of sp³-hybridized carbons (Fsp3) is 0.679. The Kier molecular flexibility index (Phi) is 12.3. The molecule has 0 aliphatic carbocycles. The molecule has 3 saturated heterocycles. The molecule has 10 N–H and O–H groups in total. The highest BCUT2D eigenvalue weighted by atomic mass is 16.8. The van der Waals surface area contributed by atoms with Crippen molar-refractivity contribution in [3.05, 3.63) is 29.8 Å². The standard InChI is InChI=1S/C28H40O18/c1-40-15-6-12(2-4-13(15)32)3-5-19(34)41-10-18-25(44-27-24(38)23(37)21(35)16(8-29)43-27)14(33)7-20(42-18)46-28(11-31)26(39)22(36)17(9-30)45-28/h2-6,14,16-18,20-27,29-33,35-39H,7-11H2,1H3/b5-3+/t14-,16+,17+,18+,20-,21+,22+,23+,24+,25-,26+,27-,28-/m0/s1. The van der Waals surface area contributed by atoms with E-state index in [4.69, 9.17) is 33.2 Å². The zero-order valence-corrected chi connectivity index (χ0v) is 24.6. The first-order valence-electron chi connectivity index (χ1n) is 14.3. The van der Waals surface area contributed by atoms with Gasteiger partial charge < -0.3 is 84.2 Å². The van der Waals surface area contributed by atoms with Crippen molar-refractivity contribution in [3.63, 3.8) is 0 Å². The van der Waals surface area contributed by atoms with Crippen molar-refractivity contribution in [2.75, 3.05) is 33.5 Å². The first kappa shape index (κ1) is 36.3. The Bertz CT molecular complexity index is 1180. The van der Waals surface area contributed by atoms with Gasteiger partial charge in [-0.2, -0.15) is 0 Å². The number of phenols is 1. The Balaban J connectivity index is 1.51. The van der Waals surface area contributed by atoms with Gasteiger partial charge in [0.15, 0.2) is 24.1 Å². The van der Waals surface area contributed by atoms with Crippen LogP contribution in [0.15, 0.2) is 24.3 Å². The van der Waals surface area contributed by atoms with Crippen molar-refractivity contribution in [1.82, 2.24) is 0 Å². The number of benzene rings is 1. The molecule has 1 aromatic rings. The fourth-order valence-electron chi connectivity index (χ4n) is 5.30. The van der Waals surface area contributed by atoms with Crippen molar-refractivity contribution in [3.8, 4) is 11.5 Å². The van der Waals surface area contributed by atoms with E-state index in [0.717, 1.165) is 6.08 Å². The summed E-state index contributed by atoms with van der Waals surface area (Å²) >= 11 is 0. The average Bonchev–Trinajstić information content (AvgIpc) is 3.29. The van der Waals surface area contributed by atoms with Crippen LogP contribution < -0.4 is 4.74 Å². The van der Waals surface area contributed by atoms with Gasteiger partial charge in [0.2, 0.25) is 5.79 Å². The Morgan fingerprint density at radius 3 is 2.30 bits per heavy atom. The summed E-state index contributed by atoms with van der Waals surface area (Å²) in [6.07, 6.45) is -17.2. The van der Waals surface area contributed by atoms with Crippen LogP contribution in [0.4, 0.5) is 0 Å². The highest BCUT2D eigenvalue weighted by molar-refractivity contribution is 5.87. The number of esters is 1. The number of hydrogen-bond acceptors (Lipinski definition) is 18. The molecule has 0 unspecified atom stereocenters. The largest absolute Gasteiger partial charge is 0.504 e. The lowest BCUT2D eigenvalue weighted by atomic mass is 9.98. The Labute approximate surface area is 262 Å². The van der Waals surface area contributed by atoms with Crippen LogP contribution >= 0.6 is 0 Å². The molecule has 18 nitrogen and oxygen atoms in total. The Morgan fingerprint density at radius 1 is 0.957 bits per heavy atom. The minimum absolute atomic E-state index is 0.114. The highest BCUT2D eigenvalue weighted by Gasteiger charge is 2.57. The quantitative estimate of drug-likeness (QED) is 0.0743. The van der Waals surface area contributed by atoms with E-state index in [1.54, 1.807) is 0 Å². The van der Waals surface area contributed by atoms with E-state index < -0.39 is 118 Å². The second-order valence-electron chi connectivity index (χ2n) is 11.0. The van der Waals surface area contributed by atoms with Gasteiger partial charge in [-0.3, -0.25) is 0 Å². The molecule has 1 aromatic carbocycles. The predicted molar refractivity (Wildman–Crippen MR) is 147 cm³/mol. The van der Waals surface area contributed by atoms with Crippen LogP contribution in [0.25, 0.3) is 6.08 Å². The number of phenolic OH excluding ortho intramolecular Hbond substituents is 1. The number of carbonyl (C=O) groups excluding carboxylic acids is 1. The molecule has 13 atom stereocenters. The van der Waals surface area contributed by atoms with Gasteiger partial charge >= 0.3 is 5.97 Å². The minimum atomic E-state index is -2.28. The first-order chi connectivity index (χ1) is 21.9. The van der Waals surface area contributed by atoms with Gasteiger partial charge in [0.25, 0.3) is 0 Å². The van der Waals surface area contributed by atoms with E-state index in [0.29, 0.717) is 5.56 Å². The predicted octanol–water partition coefficient (Wildman–Crippen LogP) is -4.56. The molecular formula is C28H40O18. The number of ether oxygens (including phenoxy) is 7. The number of aliphatic hydroxyl groups excluding tert-OH is 9. The SMILES string of the molecule is COc1cc(/C=C/C(=O)OC[C@H]2O[C@@H](O[C@]3(CO)O[C@H](CO)[C@@H](O)[C@H]3O)C[C@H](O)[C@@H]2O[C@@H]2O[C@H](CO)[C@@H](O)[C@@H](O)[C@H]2O)ccc1O. The van der Waals surface area contributed by atoms with E-state index in [1.165, 1.54) is 31.4 Å². The van der Waals surface area contributed by atoms with Gasteiger partial charge in [-0.25, -0.2) is 4.79 Å². The van der Waals surface area contributed by atoms with Crippen molar-refractivity contribution >= 4 is 12.0 Å². The number of hydrogen-bond donors (Lipinski definition) is 10. The lowest BCUT2D eigenvalue weighted by Gasteiger charge is -2.45. The van der Waals surface area contributed by atoms with Crippen molar-refractivity contribution < 1.29 is 89.0 Å². The molecule has 3 heterocycles. The molecule has 3 fully saturated rings. The van der Waals surface area contributed by atoms with Gasteiger partial charge in [-0.1, -0.05) is 6.07 Å². The molecule has 0 aromatic heterocycles. The van der Waals surface area contributed by atoms with Crippen molar-refractivity contribution in [2.24, 2.45) is 0 Å². The molecule has 0 spiro atoms. The van der Waals surface area contributed by atoms with Gasteiger partial charge in [0.05, 0.1) is 26.4 Å². The van der Waals surface area contributed by atoms with Crippen LogP contribution in [0, 0.1) is 0 Å². The zero-order chi connectivity index (χ0) is 33.8. The van der Waals surface area contributed by atoms with Gasteiger partial charge in [0.1, 0.15) is 68.1 Å². The average molecular weight is 665 g/mol. The zero-order valence-electron chi connectivity index (χ0n) is 24.6. The Hall–Kier alpha value is -2.53. The van der Waals surface area contributed by atoms with Crippen LogP contribution in [-0.4, -0.2) is 170 Å². The van der Waals surface area contributed by atoms with Crippen LogP contribution in [0.5, 0.6) is 11.5 Å². The molecule has 4 rings (SSSR count). The topological polar surface area (TPSA) is 284 Å². The second kappa shape index (κ2) is 15.6. The molecule has 18 heteroatoms. The maximum absolute atomic E-state index is 12.6. The minimum Gasteiger partial charge on any atom is -0.504 e. The van der Waals surface area contributed by atoms with Gasteiger partial charge in [-0.05, 0) is 23.8 Å². The van der Waals surface area contributed by atoms with E-state index in [2.05, 4.69) is 0 Å². The number of carbonyl (C=O) groups is 1. The smallest absolute Gasteiger partial charge is 0.330 e. The monoisotopic (exact) mass is 664 g/mol. The number of aliphatic hydroxyl groups is 9. The van der Waals surface area contributed by atoms with Gasteiger partial charge in [-0.15, -0.1) is 0 Å². The van der Waals surface area contributed by atoms with Crippen LogP contribution in [-0.2, 0) is 33.2 Å². The van der Waals surface area contributed by atoms with Crippen LogP contribution in [0.3, 0.4) is 0 Å². The van der Waals surface area contributed by atoms with E-state index >= 15 is 0 Å². The maximum Gasteiger partial charge on any atom is 0.330 e. The highest BCUT2D eigenvalue weighted by Crippen LogP contribution is 2.37. The number of rotatable bonds is 12. The lowest BCUT2D eigenvalue weighted by molar-refractivity contribution is -0.379. The molecular weight excluding hydrogens is 624 g/mol. The summed E-state index contributed by atoms with van der Waals surface area (Å²) < 4.78 is 38.3.